The summed E-state index contributed by atoms with van der Waals surface area (Å²) in [6, 6.07) is 14.7. The Morgan fingerprint density at radius 3 is 2.72 bits per heavy atom. The van der Waals surface area contributed by atoms with Crippen molar-refractivity contribution in [1.29, 1.82) is 0 Å². The van der Waals surface area contributed by atoms with Crippen LogP contribution in [0.2, 0.25) is 0 Å². The normalized spacial score (nSPS) is 15.0. The highest BCUT2D eigenvalue weighted by Crippen LogP contribution is 2.27. The number of para-hydroxylation sites is 2. The molecule has 1 amide bonds. The van der Waals surface area contributed by atoms with E-state index in [4.69, 9.17) is 4.98 Å². The third-order valence-corrected chi connectivity index (χ3v) is 5.70. The summed E-state index contributed by atoms with van der Waals surface area (Å²) in [5.74, 6) is 0.890. The second-order valence-corrected chi connectivity index (χ2v) is 7.58. The fraction of sp³-hybridized carbons (Fsp3) is 0.391. The predicted octanol–water partition coefficient (Wildman–Crippen LogP) is 3.77. The maximum Gasteiger partial charge on any atom is 0.223 e. The molecule has 0 saturated carbocycles. The fourth-order valence-electron chi connectivity index (χ4n) is 4.12. The molecule has 0 bridgehead atoms. The van der Waals surface area contributed by atoms with Gasteiger partial charge in [0.15, 0.2) is 0 Å². The van der Waals surface area contributed by atoms with Gasteiger partial charge < -0.3 is 14.8 Å². The van der Waals surface area contributed by atoms with Crippen molar-refractivity contribution in [3.8, 4) is 0 Å². The van der Waals surface area contributed by atoms with Gasteiger partial charge in [-0.1, -0.05) is 24.3 Å². The van der Waals surface area contributed by atoms with Crippen LogP contribution < -0.4 is 10.2 Å². The fourth-order valence-corrected chi connectivity index (χ4v) is 4.12. The van der Waals surface area contributed by atoms with E-state index in [1.807, 2.05) is 24.3 Å². The lowest BCUT2D eigenvalue weighted by Gasteiger charge is -2.32. The Balaban J connectivity index is 1.32. The van der Waals surface area contributed by atoms with E-state index in [0.717, 1.165) is 55.0 Å². The number of piperidine rings is 1. The zero-order chi connectivity index (χ0) is 20.2. The number of carbonyl (C=O) groups excluding carboxylic acids is 1. The van der Waals surface area contributed by atoms with E-state index >= 15 is 0 Å². The Hall–Kier alpha value is -2.89. The van der Waals surface area contributed by atoms with Crippen molar-refractivity contribution >= 4 is 22.9 Å². The molecule has 0 atom stereocenters. The molecule has 1 aliphatic rings. The topological polar surface area (TPSA) is 50.2 Å². The Labute approximate surface area is 170 Å². The molecule has 0 unspecified atom stereocenters. The van der Waals surface area contributed by atoms with Crippen molar-refractivity contribution in [2.45, 2.75) is 32.7 Å². The third kappa shape index (κ3) is 4.26. The summed E-state index contributed by atoms with van der Waals surface area (Å²) in [6.45, 7) is 5.19. The standard InChI is InChI=1S/C23H27FN4O/c1-2-28-21-9-4-3-8-20(21)26-23(28)27-14-11-18(12-15-27)22(29)25-13-10-17-6-5-7-19(24)16-17/h3-9,16,18H,2,10-15H2,1H3,(H,25,29). The van der Waals surface area contributed by atoms with Crippen LogP contribution in [0.1, 0.15) is 25.3 Å². The Morgan fingerprint density at radius 1 is 1.17 bits per heavy atom. The lowest BCUT2D eigenvalue weighted by molar-refractivity contribution is -0.125. The van der Waals surface area contributed by atoms with Gasteiger partial charge in [0.1, 0.15) is 5.82 Å². The van der Waals surface area contributed by atoms with Crippen LogP contribution in [-0.4, -0.2) is 35.1 Å². The molecule has 6 heteroatoms. The van der Waals surface area contributed by atoms with Crippen molar-refractivity contribution in [1.82, 2.24) is 14.9 Å². The van der Waals surface area contributed by atoms with Crippen LogP contribution >= 0.6 is 0 Å². The van der Waals surface area contributed by atoms with Crippen LogP contribution in [0, 0.1) is 11.7 Å². The summed E-state index contributed by atoms with van der Waals surface area (Å²) < 4.78 is 15.5. The van der Waals surface area contributed by atoms with E-state index in [2.05, 4.69) is 27.8 Å². The number of hydrogen-bond acceptors (Lipinski definition) is 3. The molecule has 5 nitrogen and oxygen atoms in total. The first-order chi connectivity index (χ1) is 14.2. The number of nitrogens with one attached hydrogen (secondary N) is 1. The smallest absolute Gasteiger partial charge is 0.223 e. The number of aryl methyl sites for hydroxylation is 1. The number of nitrogens with zero attached hydrogens (tertiary/aromatic N) is 3. The van der Waals surface area contributed by atoms with Gasteiger partial charge in [-0.15, -0.1) is 0 Å². The lowest BCUT2D eigenvalue weighted by atomic mass is 9.96. The molecule has 2 heterocycles. The molecule has 0 radical (unpaired) electrons. The van der Waals surface area contributed by atoms with Gasteiger partial charge in [0.2, 0.25) is 11.9 Å². The quantitative estimate of drug-likeness (QED) is 0.692. The van der Waals surface area contributed by atoms with Gasteiger partial charge in [-0.3, -0.25) is 4.79 Å². The zero-order valence-electron chi connectivity index (χ0n) is 16.8. The van der Waals surface area contributed by atoms with Crippen LogP contribution in [0.3, 0.4) is 0 Å². The molecule has 29 heavy (non-hydrogen) atoms. The molecule has 1 saturated heterocycles. The van der Waals surface area contributed by atoms with E-state index in [9.17, 15) is 9.18 Å². The number of benzene rings is 2. The van der Waals surface area contributed by atoms with Crippen LogP contribution in [0.4, 0.5) is 10.3 Å². The summed E-state index contributed by atoms with van der Waals surface area (Å²) in [6.07, 6.45) is 2.28. The number of carbonyl (C=O) groups is 1. The number of fused-ring (bicyclic) bond motifs is 1. The van der Waals surface area contributed by atoms with Crippen molar-refractivity contribution < 1.29 is 9.18 Å². The van der Waals surface area contributed by atoms with E-state index in [1.165, 1.54) is 12.1 Å². The summed E-state index contributed by atoms with van der Waals surface area (Å²) in [5, 5.41) is 3.02. The molecule has 1 aromatic heterocycles. The summed E-state index contributed by atoms with van der Waals surface area (Å²) >= 11 is 0. The summed E-state index contributed by atoms with van der Waals surface area (Å²) in [5.41, 5.74) is 3.07. The van der Waals surface area contributed by atoms with Crippen molar-refractivity contribution in [2.24, 2.45) is 5.92 Å². The van der Waals surface area contributed by atoms with Gasteiger partial charge in [0.25, 0.3) is 0 Å². The number of anilines is 1. The Bertz CT molecular complexity index is 991. The first-order valence-corrected chi connectivity index (χ1v) is 10.4. The predicted molar refractivity (Wildman–Crippen MR) is 113 cm³/mol. The number of halogens is 1. The number of aromatic nitrogens is 2. The highest BCUT2D eigenvalue weighted by atomic mass is 19.1. The highest BCUT2D eigenvalue weighted by molar-refractivity contribution is 5.80. The molecular formula is C23H27FN4O. The first kappa shape index (κ1) is 19.4. The maximum absolute atomic E-state index is 13.2. The molecule has 0 aliphatic carbocycles. The van der Waals surface area contributed by atoms with E-state index < -0.39 is 0 Å². The van der Waals surface area contributed by atoms with Crippen LogP contribution in [0.5, 0.6) is 0 Å². The summed E-state index contributed by atoms with van der Waals surface area (Å²) in [4.78, 5) is 19.7. The van der Waals surface area contributed by atoms with Gasteiger partial charge in [0.05, 0.1) is 11.0 Å². The van der Waals surface area contributed by atoms with Gasteiger partial charge in [0, 0.05) is 32.1 Å². The zero-order valence-corrected chi connectivity index (χ0v) is 16.8. The third-order valence-electron chi connectivity index (χ3n) is 5.70. The molecule has 1 N–H and O–H groups in total. The second kappa shape index (κ2) is 8.64. The number of rotatable bonds is 6. The molecule has 0 spiro atoms. The Morgan fingerprint density at radius 2 is 1.97 bits per heavy atom. The molecule has 1 aliphatic heterocycles. The SMILES string of the molecule is CCn1c(N2CCC(C(=O)NCCc3cccc(F)c3)CC2)nc2ccccc21. The van der Waals surface area contributed by atoms with Crippen molar-refractivity contribution in [3.05, 3.63) is 59.9 Å². The second-order valence-electron chi connectivity index (χ2n) is 7.58. The largest absolute Gasteiger partial charge is 0.356 e. The average molecular weight is 394 g/mol. The molecular weight excluding hydrogens is 367 g/mol. The van der Waals surface area contributed by atoms with Crippen LogP contribution in [-0.2, 0) is 17.8 Å². The van der Waals surface area contributed by atoms with Crippen LogP contribution in [0.15, 0.2) is 48.5 Å². The minimum Gasteiger partial charge on any atom is -0.356 e. The number of amides is 1. The van der Waals surface area contributed by atoms with E-state index in [1.54, 1.807) is 6.07 Å². The molecule has 152 valence electrons. The van der Waals surface area contributed by atoms with Crippen LogP contribution in [0.25, 0.3) is 11.0 Å². The van der Waals surface area contributed by atoms with Gasteiger partial charge in [-0.05, 0) is 56.0 Å². The Kier molecular flexibility index (Phi) is 5.79. The molecule has 4 rings (SSSR count). The molecule has 3 aromatic rings. The van der Waals surface area contributed by atoms with E-state index in [0.29, 0.717) is 13.0 Å². The molecule has 2 aromatic carbocycles. The first-order valence-electron chi connectivity index (χ1n) is 10.4. The summed E-state index contributed by atoms with van der Waals surface area (Å²) in [7, 11) is 0. The number of hydrogen-bond donors (Lipinski definition) is 1. The van der Waals surface area contributed by atoms with Gasteiger partial charge in [-0.25, -0.2) is 9.37 Å². The van der Waals surface area contributed by atoms with Crippen molar-refractivity contribution in [2.75, 3.05) is 24.5 Å². The minimum atomic E-state index is -0.237. The minimum absolute atomic E-state index is 0.0261. The van der Waals surface area contributed by atoms with Gasteiger partial charge in [-0.2, -0.15) is 0 Å². The van der Waals surface area contributed by atoms with Gasteiger partial charge >= 0.3 is 0 Å². The number of imidazole rings is 1. The monoisotopic (exact) mass is 394 g/mol. The highest BCUT2D eigenvalue weighted by Gasteiger charge is 2.27. The van der Waals surface area contributed by atoms with Crippen molar-refractivity contribution in [3.63, 3.8) is 0 Å². The molecule has 1 fully saturated rings. The average Bonchev–Trinajstić information content (AvgIpc) is 3.12. The van der Waals surface area contributed by atoms with E-state index in [-0.39, 0.29) is 17.6 Å². The lowest BCUT2D eigenvalue weighted by Crippen LogP contribution is -2.41. The maximum atomic E-state index is 13.2.